The zero-order valence-corrected chi connectivity index (χ0v) is 18.1. The largest absolute Gasteiger partial charge is 0.479 e. The lowest BCUT2D eigenvalue weighted by Crippen LogP contribution is -2.73. The van der Waals surface area contributed by atoms with E-state index in [0.29, 0.717) is 6.42 Å². The van der Waals surface area contributed by atoms with Crippen molar-refractivity contribution in [2.75, 3.05) is 6.54 Å². The second-order valence-electron chi connectivity index (χ2n) is 8.98. The number of alkyl carbamates (subject to hydrolysis) is 1. The third kappa shape index (κ3) is 4.22. The van der Waals surface area contributed by atoms with E-state index in [1.807, 2.05) is 18.2 Å². The summed E-state index contributed by atoms with van der Waals surface area (Å²) in [7, 11) is 0. The molecule has 2 atom stereocenters. The Labute approximate surface area is 181 Å². The molecule has 3 rings (SSSR count). The van der Waals surface area contributed by atoms with Crippen LogP contribution < -0.4 is 5.32 Å². The zero-order valence-electron chi connectivity index (χ0n) is 18.1. The average molecular weight is 431 g/mol. The number of carbonyl (C=O) groups is 4. The molecule has 31 heavy (non-hydrogen) atoms. The van der Waals surface area contributed by atoms with Gasteiger partial charge in [0.2, 0.25) is 5.91 Å². The average Bonchev–Trinajstić information content (AvgIpc) is 2.84. The second-order valence-corrected chi connectivity index (χ2v) is 8.98. The molecule has 0 unspecified atom stereocenters. The number of carboxylic acids is 1. The maximum Gasteiger partial charge on any atom is 0.408 e. The highest BCUT2D eigenvalue weighted by molar-refractivity contribution is 5.95. The number of rotatable bonds is 4. The topological polar surface area (TPSA) is 116 Å². The third-order valence-corrected chi connectivity index (χ3v) is 6.05. The van der Waals surface area contributed by atoms with E-state index in [9.17, 15) is 24.3 Å². The van der Waals surface area contributed by atoms with Crippen LogP contribution in [0.1, 0.15) is 52.0 Å². The molecule has 0 aliphatic carbocycles. The highest BCUT2D eigenvalue weighted by Gasteiger charge is 2.60. The minimum atomic E-state index is -1.60. The molecule has 2 N–H and O–H groups in total. The van der Waals surface area contributed by atoms with Gasteiger partial charge in [-0.25, -0.2) is 14.6 Å². The molecular formula is C22H29N3O6. The second kappa shape index (κ2) is 8.56. The predicted octanol–water partition coefficient (Wildman–Crippen LogP) is 2.31. The normalized spacial score (nSPS) is 24.3. The van der Waals surface area contributed by atoms with Gasteiger partial charge in [-0.05, 0) is 30.2 Å². The number of hydrazine groups is 1. The van der Waals surface area contributed by atoms with Crippen molar-refractivity contribution in [2.45, 2.75) is 64.6 Å². The molecule has 2 saturated heterocycles. The van der Waals surface area contributed by atoms with E-state index in [4.69, 9.17) is 4.74 Å². The van der Waals surface area contributed by atoms with Gasteiger partial charge in [0.15, 0.2) is 5.54 Å². The molecule has 9 nitrogen and oxygen atoms in total. The van der Waals surface area contributed by atoms with Gasteiger partial charge >= 0.3 is 12.1 Å². The smallest absolute Gasteiger partial charge is 0.408 e. The summed E-state index contributed by atoms with van der Waals surface area (Å²) < 4.78 is 5.21. The number of amides is 3. The number of aliphatic carboxylic acids is 1. The van der Waals surface area contributed by atoms with Crippen molar-refractivity contribution < 1.29 is 29.0 Å². The number of nitrogens with zero attached hydrogens (tertiary/aromatic N) is 2. The van der Waals surface area contributed by atoms with Crippen LogP contribution in [0.2, 0.25) is 0 Å². The van der Waals surface area contributed by atoms with E-state index in [0.717, 1.165) is 10.6 Å². The number of benzene rings is 1. The Morgan fingerprint density at radius 2 is 1.90 bits per heavy atom. The Morgan fingerprint density at radius 3 is 2.52 bits per heavy atom. The Balaban J connectivity index is 1.84. The molecule has 0 aromatic heterocycles. The van der Waals surface area contributed by atoms with Gasteiger partial charge in [0.05, 0.1) is 0 Å². The third-order valence-electron chi connectivity index (χ3n) is 6.05. The quantitative estimate of drug-likeness (QED) is 0.756. The van der Waals surface area contributed by atoms with Crippen LogP contribution in [0.5, 0.6) is 0 Å². The summed E-state index contributed by atoms with van der Waals surface area (Å²) in [5.74, 6) is -2.11. The lowest BCUT2D eigenvalue weighted by Gasteiger charge is -2.55. The SMILES string of the molecule is CC(C)(C)[C@]1(C(=O)O)CCCN2C(=O)CC[C@H](NC(=O)OCc3ccccc3)C(=O)N21. The van der Waals surface area contributed by atoms with Crippen molar-refractivity contribution in [3.05, 3.63) is 35.9 Å². The molecule has 168 valence electrons. The van der Waals surface area contributed by atoms with Crippen LogP contribution in [0.3, 0.4) is 0 Å². The first-order chi connectivity index (χ1) is 14.6. The molecule has 2 aliphatic rings. The Hall–Kier alpha value is -3.10. The lowest BCUT2D eigenvalue weighted by atomic mass is 9.69. The van der Waals surface area contributed by atoms with Crippen LogP contribution in [-0.4, -0.2) is 57.1 Å². The first kappa shape index (κ1) is 22.6. The summed E-state index contributed by atoms with van der Waals surface area (Å²) in [6.07, 6.45) is -0.0174. The summed E-state index contributed by atoms with van der Waals surface area (Å²) in [4.78, 5) is 51.1. The van der Waals surface area contributed by atoms with Crippen molar-refractivity contribution in [2.24, 2.45) is 5.41 Å². The van der Waals surface area contributed by atoms with Crippen molar-refractivity contribution >= 4 is 23.9 Å². The summed E-state index contributed by atoms with van der Waals surface area (Å²) in [6, 6.07) is 8.04. The van der Waals surface area contributed by atoms with Gasteiger partial charge in [0, 0.05) is 13.0 Å². The molecule has 2 aliphatic heterocycles. The fourth-order valence-corrected chi connectivity index (χ4v) is 4.36. The van der Waals surface area contributed by atoms with E-state index in [2.05, 4.69) is 5.32 Å². The minimum Gasteiger partial charge on any atom is -0.479 e. The van der Waals surface area contributed by atoms with Crippen molar-refractivity contribution in [3.8, 4) is 0 Å². The van der Waals surface area contributed by atoms with E-state index in [1.165, 1.54) is 5.01 Å². The predicted molar refractivity (Wildman–Crippen MR) is 110 cm³/mol. The van der Waals surface area contributed by atoms with E-state index in [-0.39, 0.29) is 38.3 Å². The van der Waals surface area contributed by atoms with E-state index >= 15 is 0 Å². The molecule has 1 aromatic carbocycles. The standard InChI is InChI=1S/C22H29N3O6/c1-21(2,3)22(19(28)29)12-7-13-24-17(26)11-10-16(18(27)25(22)24)23-20(30)31-14-15-8-5-4-6-9-15/h4-6,8-9,16H,7,10-14H2,1-3H3,(H,23,30)(H,28,29)/t16-,22+/m0/s1. The zero-order chi connectivity index (χ0) is 22.8. The first-order valence-electron chi connectivity index (χ1n) is 10.4. The maximum absolute atomic E-state index is 13.5. The van der Waals surface area contributed by atoms with Crippen LogP contribution in [0, 0.1) is 5.41 Å². The number of fused-ring (bicyclic) bond motifs is 1. The molecule has 0 saturated carbocycles. The van der Waals surface area contributed by atoms with Crippen molar-refractivity contribution in [3.63, 3.8) is 0 Å². The molecule has 0 radical (unpaired) electrons. The number of nitrogens with one attached hydrogen (secondary N) is 1. The molecule has 2 fully saturated rings. The molecule has 0 bridgehead atoms. The Kier molecular flexibility index (Phi) is 6.24. The number of hydrogen-bond acceptors (Lipinski definition) is 5. The van der Waals surface area contributed by atoms with Gasteiger partial charge in [-0.15, -0.1) is 0 Å². The number of carboxylic acid groups (broad SMARTS) is 1. The van der Waals surface area contributed by atoms with Crippen LogP contribution in [0.15, 0.2) is 30.3 Å². The molecule has 1 aromatic rings. The Morgan fingerprint density at radius 1 is 1.23 bits per heavy atom. The summed E-state index contributed by atoms with van der Waals surface area (Å²) in [5, 5.41) is 15.1. The summed E-state index contributed by atoms with van der Waals surface area (Å²) in [6.45, 7) is 5.52. The van der Waals surface area contributed by atoms with Crippen LogP contribution in [-0.2, 0) is 25.7 Å². The molecule has 2 heterocycles. The molecular weight excluding hydrogens is 402 g/mol. The monoisotopic (exact) mass is 431 g/mol. The highest BCUT2D eigenvalue weighted by Crippen LogP contribution is 2.44. The van der Waals surface area contributed by atoms with Gasteiger partial charge in [-0.3, -0.25) is 14.6 Å². The number of carbonyl (C=O) groups excluding carboxylic acids is 3. The fourth-order valence-electron chi connectivity index (χ4n) is 4.36. The van der Waals surface area contributed by atoms with Crippen LogP contribution in [0.25, 0.3) is 0 Å². The molecule has 3 amide bonds. The maximum atomic E-state index is 13.5. The van der Waals surface area contributed by atoms with Crippen molar-refractivity contribution in [1.29, 1.82) is 0 Å². The summed E-state index contributed by atoms with van der Waals surface area (Å²) >= 11 is 0. The molecule has 0 spiro atoms. The molecule has 9 heteroatoms. The van der Waals surface area contributed by atoms with E-state index < -0.39 is 35.0 Å². The van der Waals surface area contributed by atoms with Gasteiger partial charge in [-0.2, -0.15) is 0 Å². The van der Waals surface area contributed by atoms with Gasteiger partial charge in [-0.1, -0.05) is 51.1 Å². The highest BCUT2D eigenvalue weighted by atomic mass is 16.5. The number of ether oxygens (including phenoxy) is 1. The van der Waals surface area contributed by atoms with Gasteiger partial charge < -0.3 is 15.2 Å². The first-order valence-corrected chi connectivity index (χ1v) is 10.4. The summed E-state index contributed by atoms with van der Waals surface area (Å²) in [5.41, 5.74) is -1.66. The van der Waals surface area contributed by atoms with Crippen LogP contribution >= 0.6 is 0 Å². The fraction of sp³-hybridized carbons (Fsp3) is 0.545. The lowest BCUT2D eigenvalue weighted by molar-refractivity contribution is -0.210. The van der Waals surface area contributed by atoms with Gasteiger partial charge in [0.25, 0.3) is 5.91 Å². The minimum absolute atomic E-state index is 0.0196. The number of hydrogen-bond donors (Lipinski definition) is 2. The van der Waals surface area contributed by atoms with Crippen molar-refractivity contribution in [1.82, 2.24) is 15.3 Å². The van der Waals surface area contributed by atoms with Gasteiger partial charge in [0.1, 0.15) is 12.6 Å². The van der Waals surface area contributed by atoms with E-state index in [1.54, 1.807) is 32.9 Å². The Bertz CT molecular complexity index is 866. The van der Waals surface area contributed by atoms with Crippen LogP contribution in [0.4, 0.5) is 4.79 Å².